The Morgan fingerprint density at radius 2 is 1.81 bits per heavy atom. The van der Waals surface area contributed by atoms with E-state index in [2.05, 4.69) is 0 Å². The van der Waals surface area contributed by atoms with Gasteiger partial charge in [0.25, 0.3) is 0 Å². The highest BCUT2D eigenvalue weighted by Gasteiger charge is 2.41. The van der Waals surface area contributed by atoms with Gasteiger partial charge < -0.3 is 14.9 Å². The molecule has 0 aromatic carbocycles. The fourth-order valence-corrected chi connectivity index (χ4v) is 3.74. The molecule has 0 aromatic heterocycles. The first-order valence-electron chi connectivity index (χ1n) is 8.22. The molecule has 120 valence electrons. The smallest absolute Gasteiger partial charge is 0.319 e. The summed E-state index contributed by atoms with van der Waals surface area (Å²) in [5.74, 6) is -0.0612. The lowest BCUT2D eigenvalue weighted by molar-refractivity contribution is -0.152. The minimum Gasteiger partial charge on any atom is -0.481 e. The van der Waals surface area contributed by atoms with Gasteiger partial charge in [0.05, 0.1) is 5.41 Å². The molecular weight excluding hydrogens is 268 g/mol. The second-order valence-electron chi connectivity index (χ2n) is 6.74. The van der Waals surface area contributed by atoms with E-state index in [4.69, 9.17) is 0 Å². The highest BCUT2D eigenvalue weighted by molar-refractivity contribution is 5.77. The number of aliphatic carboxylic acids is 1. The van der Waals surface area contributed by atoms with Crippen LogP contribution in [0.25, 0.3) is 0 Å². The summed E-state index contributed by atoms with van der Waals surface area (Å²) in [7, 11) is 1.87. The van der Waals surface area contributed by atoms with E-state index >= 15 is 0 Å². The molecule has 5 nitrogen and oxygen atoms in total. The molecule has 0 spiro atoms. The monoisotopic (exact) mass is 296 g/mol. The number of carboxylic acids is 1. The van der Waals surface area contributed by atoms with Gasteiger partial charge in [-0.3, -0.25) is 4.79 Å². The Morgan fingerprint density at radius 1 is 1.24 bits per heavy atom. The van der Waals surface area contributed by atoms with Gasteiger partial charge in [-0.1, -0.05) is 19.8 Å². The lowest BCUT2D eigenvalue weighted by Gasteiger charge is -2.39. The predicted octanol–water partition coefficient (Wildman–Crippen LogP) is 2.81. The molecule has 1 N–H and O–H groups in total. The van der Waals surface area contributed by atoms with Crippen molar-refractivity contribution in [3.63, 3.8) is 0 Å². The first-order valence-corrected chi connectivity index (χ1v) is 8.22. The van der Waals surface area contributed by atoms with Crippen LogP contribution >= 0.6 is 0 Å². The zero-order valence-electron chi connectivity index (χ0n) is 13.3. The number of hydrogen-bond donors (Lipinski definition) is 1. The van der Waals surface area contributed by atoms with E-state index in [0.717, 1.165) is 6.54 Å². The van der Waals surface area contributed by atoms with Gasteiger partial charge in [0.1, 0.15) is 0 Å². The van der Waals surface area contributed by atoms with E-state index in [1.165, 1.54) is 25.7 Å². The number of piperidine rings is 1. The van der Waals surface area contributed by atoms with E-state index < -0.39 is 11.4 Å². The highest BCUT2D eigenvalue weighted by Crippen LogP contribution is 2.35. The van der Waals surface area contributed by atoms with Crippen LogP contribution in [-0.2, 0) is 4.79 Å². The fourth-order valence-electron chi connectivity index (χ4n) is 3.74. The van der Waals surface area contributed by atoms with Crippen molar-refractivity contribution in [2.45, 2.75) is 51.9 Å². The van der Waals surface area contributed by atoms with Crippen molar-refractivity contribution in [3.8, 4) is 0 Å². The summed E-state index contributed by atoms with van der Waals surface area (Å²) < 4.78 is 0. The van der Waals surface area contributed by atoms with Crippen molar-refractivity contribution in [1.29, 1.82) is 0 Å². The van der Waals surface area contributed by atoms with Crippen LogP contribution in [0, 0.1) is 11.3 Å². The Bertz CT molecular complexity index is 383. The number of carbonyl (C=O) groups is 2. The molecule has 2 rings (SSSR count). The third kappa shape index (κ3) is 3.50. The number of urea groups is 1. The summed E-state index contributed by atoms with van der Waals surface area (Å²) >= 11 is 0. The molecule has 21 heavy (non-hydrogen) atoms. The van der Waals surface area contributed by atoms with Crippen LogP contribution in [0.15, 0.2) is 0 Å². The second kappa shape index (κ2) is 6.67. The number of carboxylic acid groups (broad SMARTS) is 1. The molecule has 0 radical (unpaired) electrons. The van der Waals surface area contributed by atoms with Crippen LogP contribution in [0.3, 0.4) is 0 Å². The molecular formula is C16H28N2O3. The van der Waals surface area contributed by atoms with E-state index in [1.807, 2.05) is 23.8 Å². The molecule has 0 atom stereocenters. The topological polar surface area (TPSA) is 60.9 Å². The Kier molecular flexibility index (Phi) is 5.12. The Morgan fingerprint density at radius 3 is 2.29 bits per heavy atom. The average Bonchev–Trinajstić information content (AvgIpc) is 2.99. The molecule has 1 aliphatic heterocycles. The van der Waals surface area contributed by atoms with Crippen molar-refractivity contribution in [3.05, 3.63) is 0 Å². The summed E-state index contributed by atoms with van der Waals surface area (Å²) in [6.07, 6.45) is 6.82. The van der Waals surface area contributed by atoms with Gasteiger partial charge >= 0.3 is 12.0 Å². The number of amides is 2. The highest BCUT2D eigenvalue weighted by atomic mass is 16.4. The lowest BCUT2D eigenvalue weighted by atomic mass is 9.76. The van der Waals surface area contributed by atoms with Gasteiger partial charge in [0.2, 0.25) is 0 Å². The Balaban J connectivity index is 1.86. The quantitative estimate of drug-likeness (QED) is 0.867. The van der Waals surface area contributed by atoms with Crippen LogP contribution in [-0.4, -0.2) is 53.6 Å². The van der Waals surface area contributed by atoms with E-state index in [-0.39, 0.29) is 6.03 Å². The SMILES string of the molecule is CCC1(C(=O)O)CCN(C(=O)N(C)CC2CCCC2)CC1. The average molecular weight is 296 g/mol. The predicted molar refractivity (Wildman–Crippen MR) is 81.2 cm³/mol. The van der Waals surface area contributed by atoms with Gasteiger partial charge in [-0.2, -0.15) is 0 Å². The number of hydrogen-bond acceptors (Lipinski definition) is 2. The standard InChI is InChI=1S/C16H28N2O3/c1-3-16(14(19)20)8-10-18(11-9-16)15(21)17(2)12-13-6-4-5-7-13/h13H,3-12H2,1-2H3,(H,19,20). The van der Waals surface area contributed by atoms with Crippen LogP contribution in [0.5, 0.6) is 0 Å². The molecule has 2 fully saturated rings. The maximum Gasteiger partial charge on any atom is 0.319 e. The third-order valence-electron chi connectivity index (χ3n) is 5.45. The van der Waals surface area contributed by atoms with Crippen LogP contribution in [0.1, 0.15) is 51.9 Å². The van der Waals surface area contributed by atoms with Gasteiger partial charge in [0, 0.05) is 26.7 Å². The molecule has 1 aliphatic carbocycles. The van der Waals surface area contributed by atoms with Gasteiger partial charge in [0.15, 0.2) is 0 Å². The van der Waals surface area contributed by atoms with Gasteiger partial charge in [-0.15, -0.1) is 0 Å². The zero-order valence-corrected chi connectivity index (χ0v) is 13.3. The maximum absolute atomic E-state index is 12.5. The number of rotatable bonds is 4. The summed E-state index contributed by atoms with van der Waals surface area (Å²) in [4.78, 5) is 27.5. The van der Waals surface area contributed by atoms with Crippen LogP contribution in [0.2, 0.25) is 0 Å². The van der Waals surface area contributed by atoms with Crippen LogP contribution < -0.4 is 0 Å². The minimum atomic E-state index is -0.712. The molecule has 0 bridgehead atoms. The Hall–Kier alpha value is -1.26. The molecule has 1 saturated heterocycles. The zero-order chi connectivity index (χ0) is 15.5. The lowest BCUT2D eigenvalue weighted by Crippen LogP contribution is -2.50. The summed E-state index contributed by atoms with van der Waals surface area (Å²) in [5.41, 5.74) is -0.624. The van der Waals surface area contributed by atoms with E-state index in [9.17, 15) is 14.7 Å². The van der Waals surface area contributed by atoms with Crippen LogP contribution in [0.4, 0.5) is 4.79 Å². The third-order valence-corrected chi connectivity index (χ3v) is 5.45. The van der Waals surface area contributed by atoms with Gasteiger partial charge in [-0.05, 0) is 38.0 Å². The van der Waals surface area contributed by atoms with Crippen molar-refractivity contribution in [2.24, 2.45) is 11.3 Å². The summed E-state index contributed by atoms with van der Waals surface area (Å²) in [6.45, 7) is 3.90. The molecule has 0 unspecified atom stereocenters. The van der Waals surface area contributed by atoms with Crippen molar-refractivity contribution in [2.75, 3.05) is 26.7 Å². The molecule has 5 heteroatoms. The summed E-state index contributed by atoms with van der Waals surface area (Å²) in [5, 5.41) is 9.40. The van der Waals surface area contributed by atoms with Gasteiger partial charge in [-0.25, -0.2) is 4.79 Å². The van der Waals surface area contributed by atoms with Crippen molar-refractivity contribution >= 4 is 12.0 Å². The summed E-state index contributed by atoms with van der Waals surface area (Å²) in [6, 6.07) is 0.0667. The molecule has 0 aromatic rings. The first kappa shape index (κ1) is 16.1. The largest absolute Gasteiger partial charge is 0.481 e. The number of nitrogens with zero attached hydrogens (tertiary/aromatic N) is 2. The van der Waals surface area contributed by atoms with E-state index in [1.54, 1.807) is 0 Å². The number of likely N-dealkylation sites (tertiary alicyclic amines) is 1. The number of carbonyl (C=O) groups excluding carboxylic acids is 1. The van der Waals surface area contributed by atoms with Crippen molar-refractivity contribution < 1.29 is 14.7 Å². The molecule has 2 amide bonds. The molecule has 2 aliphatic rings. The molecule has 1 saturated carbocycles. The van der Waals surface area contributed by atoms with Crippen molar-refractivity contribution in [1.82, 2.24) is 9.80 Å². The Labute approximate surface area is 127 Å². The first-order chi connectivity index (χ1) is 9.98. The molecule has 1 heterocycles. The minimum absolute atomic E-state index is 0.0667. The van der Waals surface area contributed by atoms with E-state index in [0.29, 0.717) is 38.3 Å². The second-order valence-corrected chi connectivity index (χ2v) is 6.74. The maximum atomic E-state index is 12.5. The normalized spacial score (nSPS) is 22.3. The fraction of sp³-hybridized carbons (Fsp3) is 0.875.